The Morgan fingerprint density at radius 3 is 2.35 bits per heavy atom. The van der Waals surface area contributed by atoms with Gasteiger partial charge in [-0.1, -0.05) is 29.8 Å². The second kappa shape index (κ2) is 6.35. The van der Waals surface area contributed by atoms with Crippen molar-refractivity contribution < 1.29 is 18.1 Å². The predicted molar refractivity (Wildman–Crippen MR) is 86.2 cm³/mol. The molecule has 0 saturated carbocycles. The third-order valence-corrected chi connectivity index (χ3v) is 5.05. The van der Waals surface area contributed by atoms with E-state index in [1.165, 1.54) is 19.2 Å². The van der Waals surface area contributed by atoms with Crippen molar-refractivity contribution in [2.24, 2.45) is 0 Å². The van der Waals surface area contributed by atoms with E-state index in [-0.39, 0.29) is 10.6 Å². The van der Waals surface area contributed by atoms with E-state index in [4.69, 9.17) is 11.6 Å². The first kappa shape index (κ1) is 16.9. The minimum atomic E-state index is -4.37. The molecule has 0 bridgehead atoms. The summed E-state index contributed by atoms with van der Waals surface area (Å²) in [4.78, 5) is 22.3. The summed E-state index contributed by atoms with van der Waals surface area (Å²) < 4.78 is 25.6. The SMILES string of the molecule is CN(c1ccccc1)S(=O)(=O)C(=O)c1ccc(Cl)c([N+](=O)[O-])c1. The molecule has 0 spiro atoms. The molecule has 120 valence electrons. The lowest BCUT2D eigenvalue weighted by molar-refractivity contribution is -0.384. The standard InChI is InChI=1S/C14H11ClN2O5S/c1-16(11-5-3-2-4-6-11)23(21,22)14(18)10-7-8-12(15)13(9-10)17(19)20/h2-9H,1H3. The second-order valence-corrected chi connectivity index (χ2v) is 6.79. The van der Waals surface area contributed by atoms with Crippen molar-refractivity contribution in [3.63, 3.8) is 0 Å². The molecular formula is C14H11ClN2O5S. The van der Waals surface area contributed by atoms with Gasteiger partial charge in [-0.15, -0.1) is 0 Å². The van der Waals surface area contributed by atoms with Crippen LogP contribution in [0.2, 0.25) is 5.02 Å². The molecule has 2 aromatic rings. The average molecular weight is 355 g/mol. The zero-order chi connectivity index (χ0) is 17.2. The molecule has 0 amide bonds. The summed E-state index contributed by atoms with van der Waals surface area (Å²) in [5.41, 5.74) is -0.566. The highest BCUT2D eigenvalue weighted by atomic mass is 35.5. The maximum absolute atomic E-state index is 12.4. The number of hydrogen-bond acceptors (Lipinski definition) is 5. The molecule has 0 aliphatic rings. The van der Waals surface area contributed by atoms with Crippen LogP contribution in [0.15, 0.2) is 48.5 Å². The van der Waals surface area contributed by atoms with Gasteiger partial charge in [0, 0.05) is 18.7 Å². The van der Waals surface area contributed by atoms with Gasteiger partial charge in [-0.25, -0.2) is 0 Å². The number of para-hydroxylation sites is 1. The summed E-state index contributed by atoms with van der Waals surface area (Å²) in [5, 5.41) is 9.42. The quantitative estimate of drug-likeness (QED) is 0.621. The molecule has 0 N–H and O–H groups in total. The zero-order valence-electron chi connectivity index (χ0n) is 11.8. The van der Waals surface area contributed by atoms with Gasteiger partial charge in [-0.3, -0.25) is 19.2 Å². The van der Waals surface area contributed by atoms with Crippen LogP contribution >= 0.6 is 11.6 Å². The molecule has 0 aliphatic carbocycles. The summed E-state index contributed by atoms with van der Waals surface area (Å²) in [6, 6.07) is 11.1. The molecular weight excluding hydrogens is 344 g/mol. The topological polar surface area (TPSA) is 97.6 Å². The highest BCUT2D eigenvalue weighted by Crippen LogP contribution is 2.27. The highest BCUT2D eigenvalue weighted by molar-refractivity contribution is 8.07. The van der Waals surface area contributed by atoms with Crippen LogP contribution in [0.25, 0.3) is 0 Å². The number of benzene rings is 2. The Morgan fingerprint density at radius 1 is 1.17 bits per heavy atom. The zero-order valence-corrected chi connectivity index (χ0v) is 13.4. The second-order valence-electron chi connectivity index (χ2n) is 4.52. The molecule has 0 saturated heterocycles. The fraction of sp³-hybridized carbons (Fsp3) is 0.0714. The number of rotatable bonds is 4. The molecule has 0 aliphatic heterocycles. The highest BCUT2D eigenvalue weighted by Gasteiger charge is 2.30. The Kier molecular flexibility index (Phi) is 4.67. The lowest BCUT2D eigenvalue weighted by Gasteiger charge is -2.18. The Balaban J connectivity index is 2.43. The maximum atomic E-state index is 12.4. The number of halogens is 1. The van der Waals surface area contributed by atoms with Crippen molar-refractivity contribution in [1.29, 1.82) is 0 Å². The van der Waals surface area contributed by atoms with Crippen molar-refractivity contribution in [1.82, 2.24) is 0 Å². The molecule has 0 heterocycles. The van der Waals surface area contributed by atoms with Crippen LogP contribution in [-0.4, -0.2) is 25.5 Å². The van der Waals surface area contributed by atoms with E-state index in [9.17, 15) is 23.3 Å². The van der Waals surface area contributed by atoms with E-state index in [0.717, 1.165) is 22.5 Å². The maximum Gasteiger partial charge on any atom is 0.302 e. The van der Waals surface area contributed by atoms with Gasteiger partial charge < -0.3 is 0 Å². The van der Waals surface area contributed by atoms with Gasteiger partial charge in [0.1, 0.15) is 5.02 Å². The van der Waals surface area contributed by atoms with Crippen molar-refractivity contribution in [2.75, 3.05) is 11.4 Å². The number of carbonyl (C=O) groups excluding carboxylic acids is 1. The fourth-order valence-corrected chi connectivity index (χ4v) is 3.09. The first-order valence-corrected chi connectivity index (χ1v) is 8.09. The molecule has 9 heteroatoms. The summed E-state index contributed by atoms with van der Waals surface area (Å²) >= 11 is 5.66. The van der Waals surface area contributed by atoms with E-state index in [1.54, 1.807) is 18.2 Å². The van der Waals surface area contributed by atoms with Gasteiger partial charge in [-0.05, 0) is 24.3 Å². The molecule has 0 radical (unpaired) electrons. The number of carbonyl (C=O) groups is 1. The van der Waals surface area contributed by atoms with E-state index < -0.39 is 25.7 Å². The van der Waals surface area contributed by atoms with Gasteiger partial charge in [0.2, 0.25) is 0 Å². The largest absolute Gasteiger partial charge is 0.302 e. The number of anilines is 1. The van der Waals surface area contributed by atoms with Crippen LogP contribution in [0.4, 0.5) is 11.4 Å². The minimum Gasteiger partial charge on any atom is -0.274 e. The summed E-state index contributed by atoms with van der Waals surface area (Å²) in [6.07, 6.45) is 0. The first-order valence-electron chi connectivity index (χ1n) is 6.27. The predicted octanol–water partition coefficient (Wildman–Crippen LogP) is 2.85. The number of hydrogen-bond donors (Lipinski definition) is 0. The third-order valence-electron chi connectivity index (χ3n) is 3.09. The van der Waals surface area contributed by atoms with Crippen molar-refractivity contribution in [3.8, 4) is 0 Å². The van der Waals surface area contributed by atoms with Gasteiger partial charge in [0.15, 0.2) is 0 Å². The van der Waals surface area contributed by atoms with Gasteiger partial charge in [0.25, 0.3) is 10.8 Å². The Hall–Kier alpha value is -2.45. The number of nitrogens with zero attached hydrogens (tertiary/aromatic N) is 2. The lowest BCUT2D eigenvalue weighted by atomic mass is 10.2. The van der Waals surface area contributed by atoms with Crippen LogP contribution in [0.3, 0.4) is 0 Å². The normalized spacial score (nSPS) is 11.0. The number of nitro benzene ring substituents is 1. The van der Waals surface area contributed by atoms with Gasteiger partial charge in [0.05, 0.1) is 10.6 Å². The molecule has 2 rings (SSSR count). The van der Waals surface area contributed by atoms with Gasteiger partial charge >= 0.3 is 10.0 Å². The van der Waals surface area contributed by atoms with Crippen LogP contribution in [0.5, 0.6) is 0 Å². The monoisotopic (exact) mass is 354 g/mol. The smallest absolute Gasteiger partial charge is 0.274 e. The molecule has 0 aromatic heterocycles. The molecule has 23 heavy (non-hydrogen) atoms. The van der Waals surface area contributed by atoms with Crippen LogP contribution in [-0.2, 0) is 10.0 Å². The molecule has 2 aromatic carbocycles. The van der Waals surface area contributed by atoms with Crippen LogP contribution < -0.4 is 4.31 Å². The van der Waals surface area contributed by atoms with Crippen molar-refractivity contribution in [3.05, 3.63) is 69.2 Å². The van der Waals surface area contributed by atoms with Crippen molar-refractivity contribution >= 4 is 38.1 Å². The van der Waals surface area contributed by atoms with E-state index >= 15 is 0 Å². The van der Waals surface area contributed by atoms with E-state index in [2.05, 4.69) is 0 Å². The van der Waals surface area contributed by atoms with Crippen LogP contribution in [0, 0.1) is 10.1 Å². The molecule has 0 atom stereocenters. The van der Waals surface area contributed by atoms with E-state index in [1.807, 2.05) is 0 Å². The lowest BCUT2D eigenvalue weighted by Crippen LogP contribution is -2.33. The first-order chi connectivity index (χ1) is 10.7. The van der Waals surface area contributed by atoms with Gasteiger partial charge in [-0.2, -0.15) is 8.42 Å². The summed E-state index contributed by atoms with van der Waals surface area (Å²) in [5.74, 6) is 0. The number of sulfonamides is 1. The average Bonchev–Trinajstić information content (AvgIpc) is 2.54. The Labute approximate surface area is 137 Å². The minimum absolute atomic E-state index is 0.180. The summed E-state index contributed by atoms with van der Waals surface area (Å²) in [6.45, 7) is 0. The van der Waals surface area contributed by atoms with Crippen molar-refractivity contribution in [2.45, 2.75) is 0 Å². The fourth-order valence-electron chi connectivity index (χ4n) is 1.83. The number of nitro groups is 1. The summed E-state index contributed by atoms with van der Waals surface area (Å²) in [7, 11) is -3.14. The Bertz CT molecular complexity index is 868. The van der Waals surface area contributed by atoms with E-state index in [0.29, 0.717) is 5.69 Å². The molecule has 0 unspecified atom stereocenters. The molecule has 7 nitrogen and oxygen atoms in total. The Morgan fingerprint density at radius 2 is 1.78 bits per heavy atom. The van der Waals surface area contributed by atoms with Crippen LogP contribution in [0.1, 0.15) is 10.4 Å². The molecule has 0 fully saturated rings. The third kappa shape index (κ3) is 3.33.